The van der Waals surface area contributed by atoms with Gasteiger partial charge in [-0.2, -0.15) is 0 Å². The van der Waals surface area contributed by atoms with Crippen LogP contribution in [-0.2, 0) is 4.74 Å². The summed E-state index contributed by atoms with van der Waals surface area (Å²) in [4.78, 5) is 25.8. The van der Waals surface area contributed by atoms with Gasteiger partial charge in [0.25, 0.3) is 0 Å². The monoisotopic (exact) mass is 457 g/mol. The molecular formula is C27H31N5O2. The van der Waals surface area contributed by atoms with Gasteiger partial charge in [-0.1, -0.05) is 60.7 Å². The Labute approximate surface area is 200 Å². The molecule has 3 aromatic rings. The van der Waals surface area contributed by atoms with Crippen LogP contribution in [-0.4, -0.2) is 59.8 Å². The smallest absolute Gasteiger partial charge is 0.315 e. The number of amides is 2. The number of anilines is 1. The van der Waals surface area contributed by atoms with Crippen LogP contribution < -0.4 is 10.6 Å². The highest BCUT2D eigenvalue weighted by Crippen LogP contribution is 2.32. The van der Waals surface area contributed by atoms with Crippen molar-refractivity contribution < 1.29 is 9.53 Å². The van der Waals surface area contributed by atoms with E-state index in [1.807, 2.05) is 42.6 Å². The van der Waals surface area contributed by atoms with Crippen LogP contribution in [0, 0.1) is 5.92 Å². The second-order valence-corrected chi connectivity index (χ2v) is 9.08. The molecule has 0 spiro atoms. The summed E-state index contributed by atoms with van der Waals surface area (Å²) in [5.74, 6) is 1.45. The van der Waals surface area contributed by atoms with E-state index < -0.39 is 0 Å². The highest BCUT2D eigenvalue weighted by molar-refractivity contribution is 5.78. The fourth-order valence-corrected chi connectivity index (χ4v) is 5.06. The van der Waals surface area contributed by atoms with E-state index >= 15 is 0 Å². The maximum Gasteiger partial charge on any atom is 0.315 e. The van der Waals surface area contributed by atoms with Gasteiger partial charge in [0.15, 0.2) is 0 Å². The summed E-state index contributed by atoms with van der Waals surface area (Å²) >= 11 is 0. The number of carbonyl (C=O) groups is 1. The van der Waals surface area contributed by atoms with E-state index in [1.54, 1.807) is 4.90 Å². The molecule has 34 heavy (non-hydrogen) atoms. The molecule has 2 fully saturated rings. The van der Waals surface area contributed by atoms with Crippen LogP contribution in [0.3, 0.4) is 0 Å². The number of rotatable bonds is 5. The van der Waals surface area contributed by atoms with Crippen LogP contribution in [0.15, 0.2) is 66.9 Å². The molecule has 2 amide bonds. The Morgan fingerprint density at radius 1 is 0.941 bits per heavy atom. The first kappa shape index (κ1) is 22.3. The van der Waals surface area contributed by atoms with E-state index in [9.17, 15) is 4.79 Å². The van der Waals surface area contributed by atoms with Crippen molar-refractivity contribution in [2.45, 2.75) is 25.3 Å². The number of primary amides is 1. The predicted octanol–water partition coefficient (Wildman–Crippen LogP) is 4.20. The van der Waals surface area contributed by atoms with Crippen molar-refractivity contribution in [3.63, 3.8) is 0 Å². The first-order valence-electron chi connectivity index (χ1n) is 12.1. The second-order valence-electron chi connectivity index (χ2n) is 9.08. The molecule has 2 aromatic carbocycles. The van der Waals surface area contributed by atoms with Crippen LogP contribution in [0.2, 0.25) is 0 Å². The fraction of sp³-hybridized carbons (Fsp3) is 0.370. The van der Waals surface area contributed by atoms with Crippen molar-refractivity contribution in [2.75, 3.05) is 37.7 Å². The Bertz CT molecular complexity index is 1100. The maximum absolute atomic E-state index is 11.8. The van der Waals surface area contributed by atoms with Gasteiger partial charge < -0.3 is 20.3 Å². The first-order valence-corrected chi connectivity index (χ1v) is 12.1. The summed E-state index contributed by atoms with van der Waals surface area (Å²) in [5.41, 5.74) is 9.52. The highest BCUT2D eigenvalue weighted by Gasteiger charge is 2.30. The van der Waals surface area contributed by atoms with Gasteiger partial charge in [0.1, 0.15) is 5.82 Å². The molecule has 176 valence electrons. The highest BCUT2D eigenvalue weighted by atomic mass is 16.5. The zero-order valence-corrected chi connectivity index (χ0v) is 19.3. The zero-order chi connectivity index (χ0) is 23.3. The number of benzene rings is 2. The van der Waals surface area contributed by atoms with E-state index in [-0.39, 0.29) is 12.1 Å². The molecule has 2 aliphatic heterocycles. The molecule has 2 aliphatic rings. The van der Waals surface area contributed by atoms with Crippen molar-refractivity contribution >= 4 is 11.8 Å². The van der Waals surface area contributed by atoms with Crippen molar-refractivity contribution in [1.82, 2.24) is 14.9 Å². The van der Waals surface area contributed by atoms with E-state index in [1.165, 1.54) is 0 Å². The third-order valence-electron chi connectivity index (χ3n) is 6.91. The van der Waals surface area contributed by atoms with Crippen LogP contribution in [0.5, 0.6) is 0 Å². The summed E-state index contributed by atoms with van der Waals surface area (Å²) < 4.78 is 5.62. The zero-order valence-electron chi connectivity index (χ0n) is 19.3. The minimum Gasteiger partial charge on any atom is -0.377 e. The average Bonchev–Trinajstić information content (AvgIpc) is 2.90. The minimum absolute atomic E-state index is 0.0810. The molecule has 7 nitrogen and oxygen atoms in total. The summed E-state index contributed by atoms with van der Waals surface area (Å²) in [6, 6.07) is 20.2. The Kier molecular flexibility index (Phi) is 6.72. The first-order chi connectivity index (χ1) is 16.7. The van der Waals surface area contributed by atoms with Gasteiger partial charge in [0.2, 0.25) is 0 Å². The molecule has 3 heterocycles. The lowest BCUT2D eigenvalue weighted by atomic mass is 9.89. The van der Waals surface area contributed by atoms with Gasteiger partial charge in [-0.15, -0.1) is 0 Å². The Morgan fingerprint density at radius 3 is 2.24 bits per heavy atom. The number of ether oxygens (including phenoxy) is 1. The number of carbonyl (C=O) groups excluding carboxylic acids is 1. The number of hydrogen-bond donors (Lipinski definition) is 1. The Morgan fingerprint density at radius 2 is 1.59 bits per heavy atom. The van der Waals surface area contributed by atoms with Crippen LogP contribution in [0.1, 0.15) is 19.3 Å². The van der Waals surface area contributed by atoms with Crippen LogP contribution >= 0.6 is 0 Å². The largest absolute Gasteiger partial charge is 0.377 e. The lowest BCUT2D eigenvalue weighted by Gasteiger charge is -2.39. The van der Waals surface area contributed by atoms with Crippen molar-refractivity contribution in [3.8, 4) is 22.5 Å². The molecule has 1 atom stereocenters. The van der Waals surface area contributed by atoms with Crippen molar-refractivity contribution in [2.24, 2.45) is 11.7 Å². The quantitative estimate of drug-likeness (QED) is 0.621. The topological polar surface area (TPSA) is 84.6 Å². The molecule has 7 heteroatoms. The molecule has 5 rings (SSSR count). The van der Waals surface area contributed by atoms with Gasteiger partial charge in [-0.25, -0.2) is 9.78 Å². The summed E-state index contributed by atoms with van der Waals surface area (Å²) in [7, 11) is 0. The lowest BCUT2D eigenvalue weighted by molar-refractivity contribution is 0.00473. The van der Waals surface area contributed by atoms with Gasteiger partial charge in [0, 0.05) is 30.8 Å². The molecule has 0 radical (unpaired) electrons. The fourth-order valence-electron chi connectivity index (χ4n) is 5.06. The van der Waals surface area contributed by atoms with E-state index in [0.29, 0.717) is 25.7 Å². The average molecular weight is 458 g/mol. The number of morpholine rings is 1. The normalized spacial score (nSPS) is 19.2. The van der Waals surface area contributed by atoms with Crippen LogP contribution in [0.25, 0.3) is 22.5 Å². The Hall–Kier alpha value is -3.45. The van der Waals surface area contributed by atoms with Gasteiger partial charge in [-0.05, 0) is 25.2 Å². The van der Waals surface area contributed by atoms with Crippen LogP contribution in [0.4, 0.5) is 10.6 Å². The predicted molar refractivity (Wildman–Crippen MR) is 133 cm³/mol. The lowest BCUT2D eigenvalue weighted by Crippen LogP contribution is -2.52. The maximum atomic E-state index is 11.8. The van der Waals surface area contributed by atoms with E-state index in [2.05, 4.69) is 29.2 Å². The molecule has 0 aliphatic carbocycles. The molecule has 2 N–H and O–H groups in total. The second kappa shape index (κ2) is 10.2. The summed E-state index contributed by atoms with van der Waals surface area (Å²) in [6.45, 7) is 3.57. The van der Waals surface area contributed by atoms with E-state index in [0.717, 1.165) is 60.7 Å². The molecule has 0 saturated carbocycles. The number of nitrogens with two attached hydrogens (primary N) is 1. The van der Waals surface area contributed by atoms with E-state index in [4.69, 9.17) is 20.4 Å². The van der Waals surface area contributed by atoms with Crippen molar-refractivity contribution in [1.29, 1.82) is 0 Å². The standard InChI is InChI=1S/C27H31N5O2/c28-27(33)32-15-16-34-19-23(32)17-20-11-13-31(14-12-20)24-18-29-25(21-7-3-1-4-8-21)26(30-24)22-9-5-2-6-10-22/h1-10,18,20,23H,11-17,19H2,(H2,28,33). The number of aromatic nitrogens is 2. The summed E-state index contributed by atoms with van der Waals surface area (Å²) in [6.07, 6.45) is 4.93. The van der Waals surface area contributed by atoms with Gasteiger partial charge >= 0.3 is 6.03 Å². The third-order valence-corrected chi connectivity index (χ3v) is 6.91. The third kappa shape index (κ3) is 4.89. The molecule has 2 saturated heterocycles. The SMILES string of the molecule is NC(=O)N1CCOCC1CC1CCN(c2cnc(-c3ccccc3)c(-c3ccccc3)n2)CC1. The number of urea groups is 1. The molecular weight excluding hydrogens is 426 g/mol. The molecule has 1 unspecified atom stereocenters. The number of nitrogens with zero attached hydrogens (tertiary/aromatic N) is 4. The van der Waals surface area contributed by atoms with Crippen molar-refractivity contribution in [3.05, 3.63) is 66.9 Å². The molecule has 0 bridgehead atoms. The Balaban J connectivity index is 1.32. The number of piperidine rings is 1. The summed E-state index contributed by atoms with van der Waals surface area (Å²) in [5, 5.41) is 0. The number of hydrogen-bond acceptors (Lipinski definition) is 5. The minimum atomic E-state index is -0.340. The molecule has 1 aromatic heterocycles. The van der Waals surface area contributed by atoms with Gasteiger partial charge in [0.05, 0.1) is 36.8 Å². The van der Waals surface area contributed by atoms with Gasteiger partial charge in [-0.3, -0.25) is 4.98 Å².